The van der Waals surface area contributed by atoms with Gasteiger partial charge in [-0.3, -0.25) is 0 Å². The molecule has 2 heteroatoms. The minimum absolute atomic E-state index is 0.208. The summed E-state index contributed by atoms with van der Waals surface area (Å²) in [6.45, 7) is 1.89. The monoisotopic (exact) mass is 201 g/mol. The Morgan fingerprint density at radius 3 is 2.53 bits per heavy atom. The van der Waals surface area contributed by atoms with E-state index in [2.05, 4.69) is 0 Å². The molecule has 0 aliphatic carbocycles. The van der Waals surface area contributed by atoms with Crippen molar-refractivity contribution in [2.24, 2.45) is 0 Å². The Kier molecular flexibility index (Phi) is 2.42. The number of anilines is 1. The van der Waals surface area contributed by atoms with Gasteiger partial charge in [-0.1, -0.05) is 18.2 Å². The van der Waals surface area contributed by atoms with Gasteiger partial charge in [0, 0.05) is 5.69 Å². The third-order valence-electron chi connectivity index (χ3n) is 2.39. The van der Waals surface area contributed by atoms with E-state index in [1.807, 2.05) is 31.2 Å². The molecule has 0 bridgehead atoms. The van der Waals surface area contributed by atoms with Crippen molar-refractivity contribution in [2.45, 2.75) is 6.92 Å². The zero-order valence-corrected chi connectivity index (χ0v) is 8.50. The highest BCUT2D eigenvalue weighted by molar-refractivity contribution is 5.70. The van der Waals surface area contributed by atoms with Gasteiger partial charge in [0.25, 0.3) is 0 Å². The number of nitrogen functional groups attached to an aromatic ring is 1. The first-order valence-corrected chi connectivity index (χ1v) is 4.79. The second-order valence-electron chi connectivity index (χ2n) is 3.58. The topological polar surface area (TPSA) is 26.0 Å². The number of rotatable bonds is 1. The summed E-state index contributed by atoms with van der Waals surface area (Å²) in [5.74, 6) is -0.208. The van der Waals surface area contributed by atoms with Crippen molar-refractivity contribution in [3.05, 3.63) is 53.8 Å². The van der Waals surface area contributed by atoms with E-state index in [1.54, 1.807) is 6.07 Å². The lowest BCUT2D eigenvalue weighted by atomic mass is 10.0. The number of hydrogen-bond acceptors (Lipinski definition) is 1. The summed E-state index contributed by atoms with van der Waals surface area (Å²) < 4.78 is 12.9. The van der Waals surface area contributed by atoms with Crippen LogP contribution in [0.1, 0.15) is 5.56 Å². The molecule has 76 valence electrons. The van der Waals surface area contributed by atoms with Gasteiger partial charge in [-0.05, 0) is 47.9 Å². The minimum Gasteiger partial charge on any atom is -0.399 e. The lowest BCUT2D eigenvalue weighted by molar-refractivity contribution is 0.627. The molecule has 0 atom stereocenters. The number of halogens is 1. The number of nitrogens with two attached hydrogens (primary N) is 1. The molecule has 0 aromatic heterocycles. The fraction of sp³-hybridized carbons (Fsp3) is 0.0769. The molecule has 0 heterocycles. The quantitative estimate of drug-likeness (QED) is 0.703. The van der Waals surface area contributed by atoms with Crippen LogP contribution in [0.15, 0.2) is 42.5 Å². The van der Waals surface area contributed by atoms with E-state index in [-0.39, 0.29) is 5.82 Å². The second-order valence-corrected chi connectivity index (χ2v) is 3.58. The van der Waals surface area contributed by atoms with Gasteiger partial charge < -0.3 is 5.73 Å². The summed E-state index contributed by atoms with van der Waals surface area (Å²) in [5.41, 5.74) is 9.38. The third kappa shape index (κ3) is 1.99. The molecular formula is C13H12FN. The third-order valence-corrected chi connectivity index (χ3v) is 2.39. The van der Waals surface area contributed by atoms with E-state index in [0.717, 1.165) is 22.4 Å². The molecule has 0 unspecified atom stereocenters. The molecule has 1 nitrogen and oxygen atoms in total. The maximum atomic E-state index is 12.9. The Morgan fingerprint density at radius 2 is 1.87 bits per heavy atom. The normalized spacial score (nSPS) is 10.3. The highest BCUT2D eigenvalue weighted by atomic mass is 19.1. The SMILES string of the molecule is Cc1cc(F)ccc1-c1cccc(N)c1. The van der Waals surface area contributed by atoms with Crippen LogP contribution in [-0.2, 0) is 0 Å². The van der Waals surface area contributed by atoms with Crippen molar-refractivity contribution in [1.29, 1.82) is 0 Å². The second kappa shape index (κ2) is 3.73. The number of hydrogen-bond donors (Lipinski definition) is 1. The van der Waals surface area contributed by atoms with Crippen molar-refractivity contribution < 1.29 is 4.39 Å². The van der Waals surface area contributed by atoms with Gasteiger partial charge in [0.1, 0.15) is 5.82 Å². The van der Waals surface area contributed by atoms with Crippen molar-refractivity contribution >= 4 is 5.69 Å². The molecule has 0 saturated heterocycles. The van der Waals surface area contributed by atoms with E-state index in [0.29, 0.717) is 0 Å². The summed E-state index contributed by atoms with van der Waals surface area (Å²) in [6.07, 6.45) is 0. The number of benzene rings is 2. The summed E-state index contributed by atoms with van der Waals surface area (Å²) in [5, 5.41) is 0. The van der Waals surface area contributed by atoms with Gasteiger partial charge in [-0.2, -0.15) is 0 Å². The Hall–Kier alpha value is -1.83. The molecule has 2 aromatic rings. The molecule has 2 aromatic carbocycles. The zero-order chi connectivity index (χ0) is 10.8. The Balaban J connectivity index is 2.54. The van der Waals surface area contributed by atoms with E-state index in [1.165, 1.54) is 12.1 Å². The fourth-order valence-electron chi connectivity index (χ4n) is 1.66. The minimum atomic E-state index is -0.208. The summed E-state index contributed by atoms with van der Waals surface area (Å²) in [7, 11) is 0. The molecule has 0 fully saturated rings. The Morgan fingerprint density at radius 1 is 1.07 bits per heavy atom. The summed E-state index contributed by atoms with van der Waals surface area (Å²) in [6, 6.07) is 12.4. The van der Waals surface area contributed by atoms with Crippen molar-refractivity contribution in [2.75, 3.05) is 5.73 Å². The molecule has 0 aliphatic rings. The first-order chi connectivity index (χ1) is 7.16. The van der Waals surface area contributed by atoms with E-state index in [4.69, 9.17) is 5.73 Å². The van der Waals surface area contributed by atoms with Gasteiger partial charge in [-0.15, -0.1) is 0 Å². The maximum absolute atomic E-state index is 12.9. The van der Waals surface area contributed by atoms with E-state index in [9.17, 15) is 4.39 Å². The molecular weight excluding hydrogens is 189 g/mol. The molecule has 2 rings (SSSR count). The zero-order valence-electron chi connectivity index (χ0n) is 8.50. The highest BCUT2D eigenvalue weighted by Crippen LogP contribution is 2.25. The average molecular weight is 201 g/mol. The van der Waals surface area contributed by atoms with Crippen LogP contribution in [-0.4, -0.2) is 0 Å². The van der Waals surface area contributed by atoms with Crippen LogP contribution in [0, 0.1) is 12.7 Å². The van der Waals surface area contributed by atoms with Crippen LogP contribution in [0.2, 0.25) is 0 Å². The van der Waals surface area contributed by atoms with Crippen molar-refractivity contribution in [1.82, 2.24) is 0 Å². The highest BCUT2D eigenvalue weighted by Gasteiger charge is 2.02. The standard InChI is InChI=1S/C13H12FN/c1-9-7-11(14)5-6-13(9)10-3-2-4-12(15)8-10/h2-8H,15H2,1H3. The van der Waals surface area contributed by atoms with Gasteiger partial charge in [0.15, 0.2) is 0 Å². The van der Waals surface area contributed by atoms with Gasteiger partial charge in [0.05, 0.1) is 0 Å². The van der Waals surface area contributed by atoms with Crippen LogP contribution in [0.3, 0.4) is 0 Å². The van der Waals surface area contributed by atoms with Crippen LogP contribution >= 0.6 is 0 Å². The summed E-state index contributed by atoms with van der Waals surface area (Å²) in [4.78, 5) is 0. The predicted octanol–water partition coefficient (Wildman–Crippen LogP) is 3.38. The smallest absolute Gasteiger partial charge is 0.123 e. The van der Waals surface area contributed by atoms with Gasteiger partial charge >= 0.3 is 0 Å². The predicted molar refractivity (Wildman–Crippen MR) is 61.0 cm³/mol. The fourth-order valence-corrected chi connectivity index (χ4v) is 1.66. The number of aryl methyl sites for hydroxylation is 1. The molecule has 0 radical (unpaired) electrons. The van der Waals surface area contributed by atoms with Crippen molar-refractivity contribution in [3.63, 3.8) is 0 Å². The van der Waals surface area contributed by atoms with E-state index >= 15 is 0 Å². The Labute approximate surface area is 88.4 Å². The summed E-state index contributed by atoms with van der Waals surface area (Å²) >= 11 is 0. The van der Waals surface area contributed by atoms with Crippen molar-refractivity contribution in [3.8, 4) is 11.1 Å². The lowest BCUT2D eigenvalue weighted by Gasteiger charge is -2.06. The first kappa shape index (κ1) is 9.71. The largest absolute Gasteiger partial charge is 0.399 e. The molecule has 0 saturated carbocycles. The van der Waals surface area contributed by atoms with Crippen LogP contribution < -0.4 is 5.73 Å². The molecule has 0 amide bonds. The Bertz CT molecular complexity index is 492. The van der Waals surface area contributed by atoms with Crippen LogP contribution in [0.4, 0.5) is 10.1 Å². The molecule has 0 spiro atoms. The van der Waals surface area contributed by atoms with Gasteiger partial charge in [0.2, 0.25) is 0 Å². The van der Waals surface area contributed by atoms with E-state index < -0.39 is 0 Å². The molecule has 15 heavy (non-hydrogen) atoms. The van der Waals surface area contributed by atoms with Gasteiger partial charge in [-0.25, -0.2) is 4.39 Å². The maximum Gasteiger partial charge on any atom is 0.123 e. The van der Waals surface area contributed by atoms with Crippen LogP contribution in [0.25, 0.3) is 11.1 Å². The average Bonchev–Trinajstić information content (AvgIpc) is 2.17. The van der Waals surface area contributed by atoms with Crippen LogP contribution in [0.5, 0.6) is 0 Å². The lowest BCUT2D eigenvalue weighted by Crippen LogP contribution is -1.88. The first-order valence-electron chi connectivity index (χ1n) is 4.79. The molecule has 2 N–H and O–H groups in total. The molecule has 0 aliphatic heterocycles.